The molecule has 104 valence electrons. The zero-order chi connectivity index (χ0) is 14.3. The Morgan fingerprint density at radius 1 is 1.35 bits per heavy atom. The van der Waals surface area contributed by atoms with Crippen LogP contribution >= 0.6 is 0 Å². The smallest absolute Gasteiger partial charge is 0.337 e. The van der Waals surface area contributed by atoms with Crippen molar-refractivity contribution in [3.63, 3.8) is 0 Å². The number of rotatable bonds is 1. The van der Waals surface area contributed by atoms with Crippen LogP contribution in [0.3, 0.4) is 0 Å². The van der Waals surface area contributed by atoms with Crippen molar-refractivity contribution in [3.8, 4) is 0 Å². The van der Waals surface area contributed by atoms with E-state index in [1.165, 1.54) is 25.3 Å². The third kappa shape index (κ3) is 1.76. The number of fused-ring (bicyclic) bond motifs is 2. The van der Waals surface area contributed by atoms with E-state index < -0.39 is 5.97 Å². The lowest BCUT2D eigenvalue weighted by Gasteiger charge is -2.21. The van der Waals surface area contributed by atoms with Gasteiger partial charge < -0.3 is 14.7 Å². The molecule has 6 heteroatoms. The largest absolute Gasteiger partial charge is 0.805 e. The number of aromatic nitrogens is 2. The third-order valence-electron chi connectivity index (χ3n) is 3.73. The Hall–Kier alpha value is -2.37. The average molecular weight is 274 g/mol. The summed E-state index contributed by atoms with van der Waals surface area (Å²) in [6.07, 6.45) is 3.04. The lowest BCUT2D eigenvalue weighted by atomic mass is 10.00. The second-order valence-corrected chi connectivity index (χ2v) is 4.88. The van der Waals surface area contributed by atoms with Gasteiger partial charge in [0.05, 0.1) is 22.8 Å². The van der Waals surface area contributed by atoms with Crippen LogP contribution in [0.4, 0.5) is 0 Å². The maximum Gasteiger partial charge on any atom is 0.337 e. The summed E-state index contributed by atoms with van der Waals surface area (Å²) in [4.78, 5) is 23.8. The first kappa shape index (κ1) is 12.7. The molecule has 3 rings (SSSR count). The predicted molar refractivity (Wildman–Crippen MR) is 72.1 cm³/mol. The number of carbonyl (C=O) groups is 1. The molecule has 1 aromatic carbocycles. The zero-order valence-electron chi connectivity index (χ0n) is 11.1. The minimum absolute atomic E-state index is 0.212. The maximum atomic E-state index is 12.4. The van der Waals surface area contributed by atoms with Crippen LogP contribution in [0.25, 0.3) is 11.0 Å². The molecule has 0 bridgehead atoms. The van der Waals surface area contributed by atoms with Crippen LogP contribution in [0.5, 0.6) is 0 Å². The molecule has 20 heavy (non-hydrogen) atoms. The quantitative estimate of drug-likeness (QED) is 0.584. The van der Waals surface area contributed by atoms with Crippen LogP contribution < -0.4 is 4.43 Å². The van der Waals surface area contributed by atoms with E-state index in [4.69, 9.17) is 0 Å². The van der Waals surface area contributed by atoms with Gasteiger partial charge in [-0.25, -0.2) is 4.79 Å². The molecule has 0 radical (unpaired) electrons. The molecule has 0 amide bonds. The van der Waals surface area contributed by atoms with E-state index in [0.29, 0.717) is 24.2 Å². The molecule has 1 aliphatic rings. The number of hydrogen-bond acceptors (Lipinski definition) is 4. The second kappa shape index (κ2) is 4.63. The summed E-state index contributed by atoms with van der Waals surface area (Å²) in [5.41, 5.74) is 1.82. The molecular weight excluding hydrogens is 260 g/mol. The highest BCUT2D eigenvalue weighted by atomic mass is 16.5. The number of methoxy groups -OCH3 is 1. The second-order valence-electron chi connectivity index (χ2n) is 4.88. The van der Waals surface area contributed by atoms with Crippen LogP contribution in [0.1, 0.15) is 34.6 Å². The fourth-order valence-corrected chi connectivity index (χ4v) is 2.70. The first-order valence-electron chi connectivity index (χ1n) is 6.52. The molecule has 0 N–H and O–H groups in total. The van der Waals surface area contributed by atoms with Crippen LogP contribution in [0.2, 0.25) is 0 Å². The number of esters is 1. The topological polar surface area (TPSA) is 77.3 Å². The molecule has 0 fully saturated rings. The SMILES string of the molecule is COC(=O)c1ccc2c(c1)n([O-])c1c([n+]2=O)CCCC1. The third-order valence-corrected chi connectivity index (χ3v) is 3.73. The van der Waals surface area contributed by atoms with Crippen molar-refractivity contribution in [3.05, 3.63) is 45.3 Å². The minimum Gasteiger partial charge on any atom is -0.805 e. The van der Waals surface area contributed by atoms with Gasteiger partial charge in [0.25, 0.3) is 11.2 Å². The maximum absolute atomic E-state index is 12.4. The van der Waals surface area contributed by atoms with E-state index in [1.54, 1.807) is 0 Å². The summed E-state index contributed by atoms with van der Waals surface area (Å²) >= 11 is 0. The molecule has 2 aromatic rings. The number of carbonyl (C=O) groups excluding carboxylic acids is 1. The first-order chi connectivity index (χ1) is 9.63. The van der Waals surface area contributed by atoms with Crippen LogP contribution in [0, 0.1) is 10.1 Å². The average Bonchev–Trinajstić information content (AvgIpc) is 2.51. The predicted octanol–water partition coefficient (Wildman–Crippen LogP) is 1.57. The van der Waals surface area contributed by atoms with Crippen molar-refractivity contribution in [1.29, 1.82) is 0 Å². The molecular formula is C14H14N2O4. The number of nitrogens with zero attached hydrogens (tertiary/aromatic N) is 2. The monoisotopic (exact) mass is 274 g/mol. The normalized spacial score (nSPS) is 14.1. The van der Waals surface area contributed by atoms with Crippen molar-refractivity contribution in [1.82, 2.24) is 4.73 Å². The summed E-state index contributed by atoms with van der Waals surface area (Å²) in [5.74, 6) is -0.526. The van der Waals surface area contributed by atoms with Crippen LogP contribution in [-0.4, -0.2) is 17.8 Å². The van der Waals surface area contributed by atoms with Gasteiger partial charge in [-0.05, 0) is 31.4 Å². The lowest BCUT2D eigenvalue weighted by molar-refractivity contribution is -0.476. The lowest BCUT2D eigenvalue weighted by Crippen LogP contribution is -2.30. The van der Waals surface area contributed by atoms with E-state index in [2.05, 4.69) is 4.74 Å². The van der Waals surface area contributed by atoms with Crippen molar-refractivity contribution in [2.45, 2.75) is 25.7 Å². The molecule has 0 aliphatic heterocycles. The molecule has 1 aromatic heterocycles. The van der Waals surface area contributed by atoms with Crippen LogP contribution in [0.15, 0.2) is 18.2 Å². The molecule has 6 nitrogen and oxygen atoms in total. The highest BCUT2D eigenvalue weighted by Gasteiger charge is 2.25. The summed E-state index contributed by atoms with van der Waals surface area (Å²) in [6.45, 7) is 0. The first-order valence-corrected chi connectivity index (χ1v) is 6.52. The van der Waals surface area contributed by atoms with E-state index >= 15 is 0 Å². The molecule has 1 heterocycles. The summed E-state index contributed by atoms with van der Waals surface area (Å²) in [6, 6.07) is 4.41. The summed E-state index contributed by atoms with van der Waals surface area (Å²) < 4.78 is 6.23. The van der Waals surface area contributed by atoms with E-state index in [0.717, 1.165) is 22.0 Å². The van der Waals surface area contributed by atoms with Crippen LogP contribution in [-0.2, 0) is 17.6 Å². The van der Waals surface area contributed by atoms with Gasteiger partial charge in [0, 0.05) is 17.4 Å². The Balaban J connectivity index is 2.33. The van der Waals surface area contributed by atoms with E-state index in [1.807, 2.05) is 0 Å². The number of benzene rings is 1. The standard InChI is InChI=1S/C14H14N2O4/c1-20-14(17)9-6-7-12-13(8-9)16(19)11-5-3-2-4-10(11)15(12)18/h6-8H,2-5H2,1H3. The molecule has 1 aliphatic carbocycles. The van der Waals surface area contributed by atoms with Gasteiger partial charge in [-0.15, -0.1) is 0 Å². The Morgan fingerprint density at radius 2 is 2.10 bits per heavy atom. The fraction of sp³-hybridized carbons (Fsp3) is 0.357. The van der Waals surface area contributed by atoms with Gasteiger partial charge in [-0.3, -0.25) is 0 Å². The van der Waals surface area contributed by atoms with Crippen molar-refractivity contribution in [2.75, 3.05) is 7.11 Å². The molecule has 0 saturated carbocycles. The minimum atomic E-state index is -0.526. The van der Waals surface area contributed by atoms with Gasteiger partial charge in [0.15, 0.2) is 0 Å². The number of ether oxygens (including phenoxy) is 1. The highest BCUT2D eigenvalue weighted by molar-refractivity contribution is 5.93. The van der Waals surface area contributed by atoms with Gasteiger partial charge in [-0.1, -0.05) is 0 Å². The van der Waals surface area contributed by atoms with Gasteiger partial charge in [0.2, 0.25) is 0 Å². The fourth-order valence-electron chi connectivity index (χ4n) is 2.70. The van der Waals surface area contributed by atoms with Crippen molar-refractivity contribution in [2.24, 2.45) is 0 Å². The summed E-state index contributed by atoms with van der Waals surface area (Å²) in [7, 11) is 1.28. The number of hydrogen-bond donors (Lipinski definition) is 0. The van der Waals surface area contributed by atoms with Gasteiger partial charge in [0.1, 0.15) is 5.52 Å². The van der Waals surface area contributed by atoms with E-state index in [9.17, 15) is 14.9 Å². The highest BCUT2D eigenvalue weighted by Crippen LogP contribution is 2.22. The van der Waals surface area contributed by atoms with Crippen molar-refractivity contribution < 1.29 is 14.0 Å². The molecule has 0 saturated heterocycles. The van der Waals surface area contributed by atoms with Gasteiger partial charge in [-0.2, -0.15) is 0 Å². The van der Waals surface area contributed by atoms with Gasteiger partial charge >= 0.3 is 5.97 Å². The van der Waals surface area contributed by atoms with E-state index in [-0.39, 0.29) is 16.6 Å². The summed E-state index contributed by atoms with van der Waals surface area (Å²) in [5, 5.41) is 12.4. The molecule has 0 spiro atoms. The molecule has 0 atom stereocenters. The Kier molecular flexibility index (Phi) is 2.93. The Morgan fingerprint density at radius 3 is 2.85 bits per heavy atom. The Labute approximate surface area is 114 Å². The van der Waals surface area contributed by atoms with Crippen molar-refractivity contribution >= 4 is 17.0 Å². The zero-order valence-corrected chi connectivity index (χ0v) is 11.1. The Bertz CT molecular complexity index is 764. The molecule has 0 unspecified atom stereocenters.